The monoisotopic (exact) mass is 295 g/mol. The lowest BCUT2D eigenvalue weighted by molar-refractivity contribution is 0.0139. The van der Waals surface area contributed by atoms with Crippen LogP contribution in [-0.4, -0.2) is 21.9 Å². The summed E-state index contributed by atoms with van der Waals surface area (Å²) >= 11 is 7.82. The molecule has 0 amide bonds. The van der Waals surface area contributed by atoms with E-state index in [1.54, 1.807) is 11.8 Å². The molecule has 102 valence electrons. The molecule has 0 saturated carbocycles. The minimum Gasteiger partial charge on any atom is -0.383 e. The second-order valence-corrected chi connectivity index (χ2v) is 6.87. The fourth-order valence-corrected chi connectivity index (χ4v) is 5.33. The molecular formula is C15H18ClNOS. The van der Waals surface area contributed by atoms with Gasteiger partial charge in [0.05, 0.1) is 5.04 Å². The Bertz CT molecular complexity index is 545. The van der Waals surface area contributed by atoms with Gasteiger partial charge in [0.2, 0.25) is 0 Å². The average molecular weight is 296 g/mol. The van der Waals surface area contributed by atoms with Crippen molar-refractivity contribution in [2.24, 2.45) is 10.9 Å². The zero-order chi connectivity index (χ0) is 13.6. The van der Waals surface area contributed by atoms with Crippen molar-refractivity contribution in [2.45, 2.75) is 37.5 Å². The molecule has 1 aliphatic carbocycles. The van der Waals surface area contributed by atoms with Crippen LogP contribution in [-0.2, 0) is 12.0 Å². The van der Waals surface area contributed by atoms with Crippen molar-refractivity contribution in [1.29, 1.82) is 0 Å². The number of hydrogen-bond acceptors (Lipinski definition) is 3. The Labute approximate surface area is 123 Å². The summed E-state index contributed by atoms with van der Waals surface area (Å²) in [5, 5.41) is 13.4. The third-order valence-corrected chi connectivity index (χ3v) is 5.91. The van der Waals surface area contributed by atoms with E-state index in [4.69, 9.17) is 11.6 Å². The molecule has 3 atom stereocenters. The third-order valence-electron chi connectivity index (χ3n) is 4.21. The van der Waals surface area contributed by atoms with E-state index < -0.39 is 5.60 Å². The molecule has 1 saturated heterocycles. The van der Waals surface area contributed by atoms with Crippen LogP contribution in [0.25, 0.3) is 0 Å². The molecule has 19 heavy (non-hydrogen) atoms. The molecule has 0 radical (unpaired) electrons. The van der Waals surface area contributed by atoms with Crippen molar-refractivity contribution in [3.63, 3.8) is 0 Å². The van der Waals surface area contributed by atoms with Gasteiger partial charge in [-0.25, -0.2) is 0 Å². The second-order valence-electron chi connectivity index (χ2n) is 5.21. The summed E-state index contributed by atoms with van der Waals surface area (Å²) in [6.45, 7) is 4.96. The molecule has 1 aromatic carbocycles. The maximum absolute atomic E-state index is 11.3. The first-order chi connectivity index (χ1) is 9.11. The number of aliphatic imine (C=N–C) groups is 1. The summed E-state index contributed by atoms with van der Waals surface area (Å²) in [4.78, 5) is 4.59. The van der Waals surface area contributed by atoms with Gasteiger partial charge in [-0.15, -0.1) is 11.8 Å². The van der Waals surface area contributed by atoms with E-state index >= 15 is 0 Å². The standard InChI is InChI=1S/C15H18ClNOS/c1-3-11-14(17-4-2)19-13-8-9-7-10(16)5-6-12(9)15(11,13)18/h5-7,11,13,18H,3-4,8H2,1-2H3. The van der Waals surface area contributed by atoms with Gasteiger partial charge in [-0.2, -0.15) is 0 Å². The molecule has 4 heteroatoms. The summed E-state index contributed by atoms with van der Waals surface area (Å²) in [6, 6.07) is 5.87. The van der Waals surface area contributed by atoms with Gasteiger partial charge in [-0.3, -0.25) is 4.99 Å². The second kappa shape index (κ2) is 4.80. The van der Waals surface area contributed by atoms with Crippen molar-refractivity contribution in [2.75, 3.05) is 6.54 Å². The van der Waals surface area contributed by atoms with Gasteiger partial charge in [-0.05, 0) is 43.0 Å². The van der Waals surface area contributed by atoms with Crippen LogP contribution in [0.5, 0.6) is 0 Å². The highest BCUT2D eigenvalue weighted by Crippen LogP contribution is 2.56. The SMILES string of the molecule is CCN=C1SC2Cc3cc(Cl)ccc3C2(O)C1CC. The summed E-state index contributed by atoms with van der Waals surface area (Å²) in [6.07, 6.45) is 1.80. The van der Waals surface area contributed by atoms with Gasteiger partial charge in [0.1, 0.15) is 5.60 Å². The average Bonchev–Trinajstić information content (AvgIpc) is 2.77. The minimum atomic E-state index is -0.757. The van der Waals surface area contributed by atoms with E-state index in [9.17, 15) is 5.11 Å². The highest BCUT2D eigenvalue weighted by Gasteiger charge is 2.57. The van der Waals surface area contributed by atoms with Gasteiger partial charge in [-0.1, -0.05) is 24.6 Å². The number of thioether (sulfide) groups is 1. The number of aliphatic hydroxyl groups is 1. The zero-order valence-corrected chi connectivity index (χ0v) is 12.8. The molecule has 3 rings (SSSR count). The highest BCUT2D eigenvalue weighted by molar-refractivity contribution is 8.15. The van der Waals surface area contributed by atoms with Crippen molar-refractivity contribution < 1.29 is 5.11 Å². The van der Waals surface area contributed by atoms with Gasteiger partial charge >= 0.3 is 0 Å². The number of rotatable bonds is 2. The predicted molar refractivity (Wildman–Crippen MR) is 82.2 cm³/mol. The molecular weight excluding hydrogens is 278 g/mol. The Balaban J connectivity index is 2.09. The molecule has 0 bridgehead atoms. The first kappa shape index (κ1) is 13.5. The Hall–Kier alpha value is -0.510. The first-order valence-corrected chi connectivity index (χ1v) is 8.09. The van der Waals surface area contributed by atoms with E-state index in [-0.39, 0.29) is 11.2 Å². The molecule has 2 aliphatic rings. The molecule has 1 fully saturated rings. The van der Waals surface area contributed by atoms with Gasteiger partial charge in [0.25, 0.3) is 0 Å². The molecule has 2 nitrogen and oxygen atoms in total. The number of benzene rings is 1. The number of halogens is 1. The molecule has 1 heterocycles. The topological polar surface area (TPSA) is 32.6 Å². The van der Waals surface area contributed by atoms with E-state index in [0.29, 0.717) is 0 Å². The smallest absolute Gasteiger partial charge is 0.111 e. The molecule has 1 N–H and O–H groups in total. The fraction of sp³-hybridized carbons (Fsp3) is 0.533. The van der Waals surface area contributed by atoms with Crippen molar-refractivity contribution >= 4 is 28.4 Å². The summed E-state index contributed by atoms with van der Waals surface area (Å²) < 4.78 is 0. The van der Waals surface area contributed by atoms with E-state index in [2.05, 4.69) is 11.9 Å². The normalized spacial score (nSPS) is 34.6. The Morgan fingerprint density at radius 2 is 2.26 bits per heavy atom. The van der Waals surface area contributed by atoms with Crippen LogP contribution in [0.4, 0.5) is 0 Å². The zero-order valence-electron chi connectivity index (χ0n) is 11.2. The molecule has 0 spiro atoms. The van der Waals surface area contributed by atoms with E-state index in [1.807, 2.05) is 25.1 Å². The lowest BCUT2D eigenvalue weighted by Gasteiger charge is -2.29. The molecule has 1 aromatic rings. The van der Waals surface area contributed by atoms with Crippen LogP contribution in [0.2, 0.25) is 5.02 Å². The van der Waals surface area contributed by atoms with Gasteiger partial charge < -0.3 is 5.11 Å². The van der Waals surface area contributed by atoms with Crippen molar-refractivity contribution in [3.8, 4) is 0 Å². The Morgan fingerprint density at radius 1 is 1.47 bits per heavy atom. The van der Waals surface area contributed by atoms with Crippen molar-refractivity contribution in [1.82, 2.24) is 0 Å². The van der Waals surface area contributed by atoms with Gasteiger partial charge in [0, 0.05) is 22.7 Å². The van der Waals surface area contributed by atoms with E-state index in [0.717, 1.165) is 35.0 Å². The molecule has 0 aromatic heterocycles. The lowest BCUT2D eigenvalue weighted by Crippen LogP contribution is -2.37. The van der Waals surface area contributed by atoms with Crippen LogP contribution in [0.1, 0.15) is 31.4 Å². The van der Waals surface area contributed by atoms with Crippen LogP contribution in [0.3, 0.4) is 0 Å². The first-order valence-electron chi connectivity index (χ1n) is 6.83. The maximum atomic E-state index is 11.3. The molecule has 3 unspecified atom stereocenters. The predicted octanol–water partition coefficient (Wildman–Crippen LogP) is 3.64. The minimum absolute atomic E-state index is 0.130. The fourth-order valence-electron chi connectivity index (χ4n) is 3.40. The quantitative estimate of drug-likeness (QED) is 0.903. The largest absolute Gasteiger partial charge is 0.383 e. The van der Waals surface area contributed by atoms with Gasteiger partial charge in [0.15, 0.2) is 0 Å². The summed E-state index contributed by atoms with van der Waals surface area (Å²) in [7, 11) is 0. The number of hydrogen-bond donors (Lipinski definition) is 1. The summed E-state index contributed by atoms with van der Waals surface area (Å²) in [5.74, 6) is 0.130. The highest BCUT2D eigenvalue weighted by atomic mass is 35.5. The Kier molecular flexibility index (Phi) is 3.40. The lowest BCUT2D eigenvalue weighted by atomic mass is 9.81. The number of nitrogens with zero attached hydrogens (tertiary/aromatic N) is 1. The number of fused-ring (bicyclic) bond motifs is 3. The van der Waals surface area contributed by atoms with Crippen molar-refractivity contribution in [3.05, 3.63) is 34.3 Å². The Morgan fingerprint density at radius 3 is 2.95 bits per heavy atom. The third kappa shape index (κ3) is 1.86. The van der Waals surface area contributed by atoms with E-state index in [1.165, 1.54) is 5.56 Å². The summed E-state index contributed by atoms with van der Waals surface area (Å²) in [5.41, 5.74) is 1.50. The van der Waals surface area contributed by atoms with Crippen LogP contribution < -0.4 is 0 Å². The van der Waals surface area contributed by atoms with Crippen LogP contribution in [0, 0.1) is 5.92 Å². The van der Waals surface area contributed by atoms with Crippen LogP contribution >= 0.6 is 23.4 Å². The van der Waals surface area contributed by atoms with Crippen LogP contribution in [0.15, 0.2) is 23.2 Å². The molecule has 1 aliphatic heterocycles. The maximum Gasteiger partial charge on any atom is 0.111 e.